The highest BCUT2D eigenvalue weighted by atomic mass is 16.2. The molecule has 0 spiro atoms. The Bertz CT molecular complexity index is 723. The minimum atomic E-state index is 0.283. The third kappa shape index (κ3) is 3.66. The maximum absolute atomic E-state index is 11.6. The molecule has 2 aromatic rings. The van der Waals surface area contributed by atoms with Crippen LogP contribution in [-0.4, -0.2) is 50.2 Å². The van der Waals surface area contributed by atoms with E-state index in [1.54, 1.807) is 10.9 Å². The van der Waals surface area contributed by atoms with Crippen LogP contribution in [0.5, 0.6) is 0 Å². The first kappa shape index (κ1) is 16.7. The highest BCUT2D eigenvalue weighted by Gasteiger charge is 2.19. The quantitative estimate of drug-likeness (QED) is 0.786. The van der Waals surface area contributed by atoms with Crippen molar-refractivity contribution in [2.75, 3.05) is 25.0 Å². The van der Waals surface area contributed by atoms with Crippen LogP contribution < -0.4 is 5.32 Å². The van der Waals surface area contributed by atoms with Gasteiger partial charge < -0.3 is 10.2 Å². The van der Waals surface area contributed by atoms with Gasteiger partial charge in [-0.15, -0.1) is 0 Å². The summed E-state index contributed by atoms with van der Waals surface area (Å²) in [5.41, 5.74) is 0.859. The fourth-order valence-corrected chi connectivity index (χ4v) is 3.08. The van der Waals surface area contributed by atoms with Gasteiger partial charge in [0.05, 0.1) is 11.6 Å². The van der Waals surface area contributed by atoms with Crippen molar-refractivity contribution in [1.82, 2.24) is 24.6 Å². The fourth-order valence-electron chi connectivity index (χ4n) is 3.08. The van der Waals surface area contributed by atoms with Crippen molar-refractivity contribution in [2.24, 2.45) is 13.0 Å². The number of hydrogen-bond acceptors (Lipinski definition) is 5. The molecule has 0 saturated carbocycles. The number of amides is 1. The van der Waals surface area contributed by atoms with Gasteiger partial charge in [-0.2, -0.15) is 5.10 Å². The lowest BCUT2D eigenvalue weighted by molar-refractivity contribution is -0.127. The number of likely N-dealkylation sites (tertiary alicyclic amines) is 1. The number of aryl methyl sites for hydroxylation is 1. The molecule has 0 radical (unpaired) electrons. The maximum Gasteiger partial charge on any atom is 0.222 e. The van der Waals surface area contributed by atoms with E-state index >= 15 is 0 Å². The van der Waals surface area contributed by atoms with Crippen molar-refractivity contribution < 1.29 is 4.79 Å². The minimum Gasteiger partial charge on any atom is -0.369 e. The van der Waals surface area contributed by atoms with Gasteiger partial charge in [-0.3, -0.25) is 9.48 Å². The number of carbonyl (C=O) groups excluding carboxylic acids is 1. The van der Waals surface area contributed by atoms with Gasteiger partial charge in [0.1, 0.15) is 11.6 Å². The van der Waals surface area contributed by atoms with Gasteiger partial charge in [0.25, 0.3) is 0 Å². The van der Waals surface area contributed by atoms with Crippen molar-refractivity contribution >= 4 is 22.8 Å². The van der Waals surface area contributed by atoms with Gasteiger partial charge in [0.2, 0.25) is 5.91 Å². The van der Waals surface area contributed by atoms with E-state index in [4.69, 9.17) is 0 Å². The summed E-state index contributed by atoms with van der Waals surface area (Å²) in [6, 6.07) is 0. The van der Waals surface area contributed by atoms with E-state index in [1.807, 2.05) is 11.9 Å². The van der Waals surface area contributed by atoms with E-state index in [0.717, 1.165) is 61.6 Å². The molecule has 1 fully saturated rings. The first-order valence-corrected chi connectivity index (χ1v) is 8.75. The van der Waals surface area contributed by atoms with Crippen LogP contribution >= 0.6 is 0 Å². The first-order valence-electron chi connectivity index (χ1n) is 8.75. The Morgan fingerprint density at radius 2 is 2.17 bits per heavy atom. The van der Waals surface area contributed by atoms with Crippen molar-refractivity contribution in [1.29, 1.82) is 0 Å². The van der Waals surface area contributed by atoms with Gasteiger partial charge in [0, 0.05) is 39.5 Å². The molecule has 24 heavy (non-hydrogen) atoms. The van der Waals surface area contributed by atoms with E-state index in [9.17, 15) is 4.79 Å². The largest absolute Gasteiger partial charge is 0.369 e. The standard InChI is InChI=1S/C17H26N6O/c1-12(2)10-14-20-16(13-11-19-22(3)17(13)21-14)18-7-5-9-23-8-4-6-15(23)24/h11-12H,4-10H2,1-3H3,(H,18,20,21). The summed E-state index contributed by atoms with van der Waals surface area (Å²) in [7, 11) is 1.90. The number of nitrogens with one attached hydrogen (secondary N) is 1. The van der Waals surface area contributed by atoms with Crippen LogP contribution in [0.1, 0.15) is 38.9 Å². The SMILES string of the molecule is CC(C)Cc1nc(NCCCN2CCCC2=O)c2cnn(C)c2n1. The summed E-state index contributed by atoms with van der Waals surface area (Å²) in [6.45, 7) is 6.82. The highest BCUT2D eigenvalue weighted by Crippen LogP contribution is 2.20. The zero-order chi connectivity index (χ0) is 17.1. The van der Waals surface area contributed by atoms with Gasteiger partial charge >= 0.3 is 0 Å². The van der Waals surface area contributed by atoms with E-state index in [-0.39, 0.29) is 5.91 Å². The van der Waals surface area contributed by atoms with Crippen LogP contribution in [0.2, 0.25) is 0 Å². The summed E-state index contributed by atoms with van der Waals surface area (Å²) in [6.07, 6.45) is 5.26. The Hall–Kier alpha value is -2.18. The molecule has 1 aliphatic rings. The molecular weight excluding hydrogens is 304 g/mol. The average molecular weight is 330 g/mol. The summed E-state index contributed by atoms with van der Waals surface area (Å²) in [4.78, 5) is 22.9. The number of fused-ring (bicyclic) bond motifs is 1. The molecule has 130 valence electrons. The monoisotopic (exact) mass is 330 g/mol. The molecule has 2 aromatic heterocycles. The third-order valence-corrected chi connectivity index (χ3v) is 4.30. The predicted molar refractivity (Wildman–Crippen MR) is 93.8 cm³/mol. The van der Waals surface area contributed by atoms with E-state index < -0.39 is 0 Å². The molecule has 7 nitrogen and oxygen atoms in total. The lowest BCUT2D eigenvalue weighted by Crippen LogP contribution is -2.27. The number of carbonyl (C=O) groups is 1. The van der Waals surface area contributed by atoms with Gasteiger partial charge in [0.15, 0.2) is 5.65 Å². The van der Waals surface area contributed by atoms with E-state index in [2.05, 4.69) is 34.2 Å². The van der Waals surface area contributed by atoms with Crippen LogP contribution in [0.4, 0.5) is 5.82 Å². The summed E-state index contributed by atoms with van der Waals surface area (Å²) in [5.74, 6) is 2.48. The molecule has 0 aromatic carbocycles. The van der Waals surface area contributed by atoms with Gasteiger partial charge in [-0.1, -0.05) is 13.8 Å². The number of nitrogens with zero attached hydrogens (tertiary/aromatic N) is 5. The highest BCUT2D eigenvalue weighted by molar-refractivity contribution is 5.86. The van der Waals surface area contributed by atoms with Crippen LogP contribution in [0.15, 0.2) is 6.20 Å². The number of rotatable bonds is 7. The van der Waals surface area contributed by atoms with Crippen LogP contribution in [-0.2, 0) is 18.3 Å². The fraction of sp³-hybridized carbons (Fsp3) is 0.647. The molecule has 0 bridgehead atoms. The second-order valence-electron chi connectivity index (χ2n) is 6.86. The smallest absolute Gasteiger partial charge is 0.222 e. The van der Waals surface area contributed by atoms with Gasteiger partial charge in [-0.25, -0.2) is 9.97 Å². The molecule has 3 heterocycles. The van der Waals surface area contributed by atoms with Crippen molar-refractivity contribution in [3.63, 3.8) is 0 Å². The molecule has 1 aliphatic heterocycles. The number of aromatic nitrogens is 4. The van der Waals surface area contributed by atoms with E-state index in [1.165, 1.54) is 0 Å². The van der Waals surface area contributed by atoms with Crippen molar-refractivity contribution in [3.8, 4) is 0 Å². The predicted octanol–water partition coefficient (Wildman–Crippen LogP) is 1.99. The molecule has 0 aliphatic carbocycles. The van der Waals surface area contributed by atoms with Gasteiger partial charge in [-0.05, 0) is 18.8 Å². The lowest BCUT2D eigenvalue weighted by Gasteiger charge is -2.15. The maximum atomic E-state index is 11.6. The zero-order valence-corrected chi connectivity index (χ0v) is 14.7. The normalized spacial score (nSPS) is 15.0. The Kier molecular flexibility index (Phi) is 4.97. The summed E-state index contributed by atoms with van der Waals surface area (Å²) < 4.78 is 1.79. The molecular formula is C17H26N6O. The van der Waals surface area contributed by atoms with Crippen molar-refractivity contribution in [3.05, 3.63) is 12.0 Å². The molecule has 3 rings (SSSR count). The third-order valence-electron chi connectivity index (χ3n) is 4.30. The number of hydrogen-bond donors (Lipinski definition) is 1. The molecule has 1 saturated heterocycles. The Morgan fingerprint density at radius 1 is 1.33 bits per heavy atom. The lowest BCUT2D eigenvalue weighted by atomic mass is 10.1. The molecule has 1 N–H and O–H groups in total. The molecule has 7 heteroatoms. The Labute approximate surface area is 142 Å². The average Bonchev–Trinajstić information content (AvgIpc) is 3.10. The Morgan fingerprint density at radius 3 is 2.88 bits per heavy atom. The van der Waals surface area contributed by atoms with Crippen LogP contribution in [0.3, 0.4) is 0 Å². The van der Waals surface area contributed by atoms with Crippen molar-refractivity contribution in [2.45, 2.75) is 39.5 Å². The van der Waals surface area contributed by atoms with Crippen LogP contribution in [0.25, 0.3) is 11.0 Å². The minimum absolute atomic E-state index is 0.283. The molecule has 1 amide bonds. The molecule has 0 atom stereocenters. The first-order chi connectivity index (χ1) is 11.5. The second kappa shape index (κ2) is 7.15. The van der Waals surface area contributed by atoms with E-state index in [0.29, 0.717) is 12.3 Å². The van der Waals surface area contributed by atoms with Crippen LogP contribution in [0, 0.1) is 5.92 Å². The topological polar surface area (TPSA) is 75.9 Å². The summed E-state index contributed by atoms with van der Waals surface area (Å²) in [5, 5.41) is 8.66. The Balaban J connectivity index is 1.67. The second-order valence-corrected chi connectivity index (χ2v) is 6.86. The molecule has 0 unspecified atom stereocenters. The number of anilines is 1. The zero-order valence-electron chi connectivity index (χ0n) is 14.7. The summed E-state index contributed by atoms with van der Waals surface area (Å²) >= 11 is 0.